The van der Waals surface area contributed by atoms with E-state index in [-0.39, 0.29) is 132 Å². The largest absolute Gasteiger partial charge is 0.508 e. The number of aryl methyl sites for hydroxylation is 10. The molecule has 20 N–H and O–H groups in total. The van der Waals surface area contributed by atoms with Crippen molar-refractivity contribution in [3.8, 4) is 74.7 Å². The molecule has 0 radical (unpaired) electrons. The zero-order valence-corrected chi connectivity index (χ0v) is 77.4. The number of phenolic OH excluding ortho intramolecular Hbond substituents is 5. The van der Waals surface area contributed by atoms with E-state index in [2.05, 4.69) is 0 Å². The molecule has 0 amide bonds. The first kappa shape index (κ1) is 120. The van der Waals surface area contributed by atoms with Crippen molar-refractivity contribution in [1.29, 1.82) is 0 Å². The second-order valence-electron chi connectivity index (χ2n) is 29.0. The highest BCUT2D eigenvalue weighted by atomic mass is 16.5. The van der Waals surface area contributed by atoms with Gasteiger partial charge in [-0.05, 0) is 222 Å². The van der Waals surface area contributed by atoms with Crippen LogP contribution in [0, 0.1) is 0 Å². The van der Waals surface area contributed by atoms with Gasteiger partial charge in [-0.3, -0.25) is 47.9 Å². The van der Waals surface area contributed by atoms with Crippen molar-refractivity contribution in [2.45, 2.75) is 155 Å². The van der Waals surface area contributed by atoms with Crippen LogP contribution in [0.4, 0.5) is 0 Å². The quantitative estimate of drug-likeness (QED) is 0.0158. The van der Waals surface area contributed by atoms with Crippen LogP contribution in [0.2, 0.25) is 0 Å². The maximum Gasteiger partial charge on any atom is 0.303 e. The van der Waals surface area contributed by atoms with E-state index in [0.717, 1.165) is 61.6 Å². The minimum Gasteiger partial charge on any atom is -0.508 e. The van der Waals surface area contributed by atoms with Crippen molar-refractivity contribution in [2.75, 3.05) is 49.8 Å². The van der Waals surface area contributed by atoms with Crippen LogP contribution in [0.1, 0.15) is 142 Å². The smallest absolute Gasteiger partial charge is 0.303 e. The van der Waals surface area contributed by atoms with E-state index in [1.165, 1.54) is 56.7 Å². The van der Waals surface area contributed by atoms with Crippen molar-refractivity contribution in [3.63, 3.8) is 0 Å². The summed E-state index contributed by atoms with van der Waals surface area (Å²) in [7, 11) is 10.8. The third-order valence-corrected chi connectivity index (χ3v) is 19.2. The number of hydrogen-bond donors (Lipinski definition) is 20. The van der Waals surface area contributed by atoms with Crippen LogP contribution >= 0.6 is 0 Å². The van der Waals surface area contributed by atoms with Crippen molar-refractivity contribution < 1.29 is 183 Å². The maximum atomic E-state index is 10.4. The van der Waals surface area contributed by atoms with E-state index >= 15 is 0 Å². The van der Waals surface area contributed by atoms with E-state index in [1.54, 1.807) is 120 Å². The molecule has 10 aromatic rings. The van der Waals surface area contributed by atoms with E-state index < -0.39 is 59.7 Å². The summed E-state index contributed by atoms with van der Waals surface area (Å²) in [6.45, 7) is -0.553. The van der Waals surface area contributed by atoms with Crippen LogP contribution in [-0.4, -0.2) is 212 Å². The van der Waals surface area contributed by atoms with Crippen LogP contribution < -0.4 is 33.2 Å². The van der Waals surface area contributed by atoms with Crippen molar-refractivity contribution in [3.05, 3.63) is 278 Å². The van der Waals surface area contributed by atoms with E-state index in [0.29, 0.717) is 114 Å². The van der Waals surface area contributed by atoms with Crippen LogP contribution in [0.5, 0.6) is 74.7 Å². The van der Waals surface area contributed by atoms with Crippen LogP contribution in [-0.2, 0) is 139 Å². The van der Waals surface area contributed by atoms with Gasteiger partial charge in [-0.1, -0.05) is 103 Å². The lowest BCUT2D eigenvalue weighted by atomic mass is 10.0. The van der Waals surface area contributed by atoms with Gasteiger partial charge in [0.2, 0.25) is 0 Å². The number of hydrogen-bond acceptors (Lipinski definition) is 27. The summed E-state index contributed by atoms with van der Waals surface area (Å²) >= 11 is 0. The van der Waals surface area contributed by atoms with Gasteiger partial charge in [0, 0.05) is 81.4 Å². The van der Waals surface area contributed by atoms with Crippen molar-refractivity contribution >= 4 is 59.7 Å². The number of aromatic hydroxyl groups is 6. The minimum atomic E-state index is -0.910. The SMILES string of the molecule is COc1cc(CCC(=O)O)ccc1O.COc1ccc(CCC(=O)O)c(CO)c1.COc1ccc(CCC(=O)O)cc1.COc1ccc(CCC(=O)O)cc1OC.COc1cccc(CCC(=O)O)c1.COc1cccc(CCC(=O)O)c1CO.O=C(O)CCc1ccc(O)c(O)c1.O=C(O)CCc1ccc(O)cc1O.O=C(O)CCc1cccc(O)c1CO.O=C(O)CCc1ccccc1CO. The molecule has 0 aliphatic rings. The van der Waals surface area contributed by atoms with Crippen LogP contribution in [0.25, 0.3) is 0 Å². The highest BCUT2D eigenvalue weighted by Crippen LogP contribution is 2.32. The zero-order chi connectivity index (χ0) is 104. The van der Waals surface area contributed by atoms with Gasteiger partial charge >= 0.3 is 59.7 Å². The topological polar surface area (TPSA) is 640 Å². The van der Waals surface area contributed by atoms with Gasteiger partial charge < -0.3 is 135 Å². The Labute approximate surface area is 796 Å². The Morgan fingerprint density at radius 1 is 0.203 bits per heavy atom. The highest BCUT2D eigenvalue weighted by Gasteiger charge is 2.15. The predicted octanol–water partition coefficient (Wildman–Crippen LogP) is 13.3. The standard InChI is InChI=1S/3C11H14O4.2C10H12O4.3C10H12O3.2C9H10O4/c1-14-9-5-3-8(4-6-11(12)13)7-10(9)15-2;1-15-10-4-2-8(3-5-11(13)14)9(6-10)7-12;1-15-10-4-2-3-8(9(10)7-12)5-6-11(13)14;1-14-9-6-7(2-4-8(9)11)3-5-10(12)13;11-6-8-7(4-5-10(13)14)2-1-3-9(8)12;1-13-9-5-2-8(3-6-9)4-7-10(11)12;1-13-9-4-2-3-8(7-9)5-6-10(11)12;11-7-9-4-2-1-3-8(9)5-6-10(12)13;10-7-3-1-6(8(11)5-7)2-4-9(12)13;10-7-3-1-6(5-8(7)11)2-4-9(12)13/h3,5,7H,4,6H2,1-2H3,(H,12,13);2,4,6,12H,3,5,7H2,1H3,(H,13,14);2-4,12H,5-7H2,1H3,(H,13,14);2,4,6,11H,3,5H2,1H3,(H,12,13);1-3,11-12H,4-6H2,(H,13,14);2-3,5-6H,4,7H2,1H3,(H,11,12);2-4,7H,5-6H2,1H3,(H,11,12);1-4,11H,5-7H2,(H,12,13);2*1,3,5,10-11H,2,4H2,(H,12,13). The van der Waals surface area contributed by atoms with Gasteiger partial charge in [-0.15, -0.1) is 0 Å². The van der Waals surface area contributed by atoms with Gasteiger partial charge in [-0.25, -0.2) is 0 Å². The lowest BCUT2D eigenvalue weighted by molar-refractivity contribution is -0.138. The first-order valence-electron chi connectivity index (χ1n) is 42.3. The summed E-state index contributed by atoms with van der Waals surface area (Å²) in [5.74, 6) is -4.34. The number of benzene rings is 10. The van der Waals surface area contributed by atoms with Crippen molar-refractivity contribution in [2.24, 2.45) is 0 Å². The number of aliphatic hydroxyl groups is 4. The zero-order valence-electron chi connectivity index (χ0n) is 77.4. The monoisotopic (exact) mass is 1930 g/mol. The number of phenols is 6. The molecule has 0 aliphatic heterocycles. The molecule has 0 unspecified atom stereocenters. The number of carbonyl (C=O) groups is 10. The Morgan fingerprint density at radius 3 is 0.971 bits per heavy atom. The Morgan fingerprint density at radius 2 is 0.543 bits per heavy atom. The lowest BCUT2D eigenvalue weighted by Crippen LogP contribution is -2.02. The number of ether oxygens (including phenoxy) is 7. The summed E-state index contributed by atoms with van der Waals surface area (Å²) < 4.78 is 35.2. The van der Waals surface area contributed by atoms with E-state index in [1.807, 2.05) is 72.8 Å². The molecule has 748 valence electrons. The molecule has 0 heterocycles. The summed E-state index contributed by atoms with van der Waals surface area (Å²) in [4.78, 5) is 103. The molecule has 0 atom stereocenters. The molecule has 0 aliphatic carbocycles. The molecular weight excluding hydrogens is 1810 g/mol. The summed E-state index contributed by atoms with van der Waals surface area (Å²) in [6, 6.07) is 56.2. The second-order valence-corrected chi connectivity index (χ2v) is 29.0. The van der Waals surface area contributed by atoms with Crippen molar-refractivity contribution in [1.82, 2.24) is 0 Å². The second kappa shape index (κ2) is 69.0. The van der Waals surface area contributed by atoms with Gasteiger partial charge in [-0.2, -0.15) is 0 Å². The molecule has 37 heteroatoms. The first-order valence-corrected chi connectivity index (χ1v) is 42.3. The van der Waals surface area contributed by atoms with Gasteiger partial charge in [0.05, 0.1) is 76.2 Å². The van der Waals surface area contributed by atoms with E-state index in [9.17, 15) is 63.3 Å². The average molecular weight is 1930 g/mol. The number of carboxylic acids is 10. The Kier molecular flexibility index (Phi) is 60.1. The van der Waals surface area contributed by atoms with Crippen LogP contribution in [0.3, 0.4) is 0 Å². The maximum absolute atomic E-state index is 10.4. The fourth-order valence-corrected chi connectivity index (χ4v) is 11.8. The summed E-state index contributed by atoms with van der Waals surface area (Å²) in [5.41, 5.74) is 10.8. The lowest BCUT2D eigenvalue weighted by Gasteiger charge is -2.10. The molecule has 0 bridgehead atoms. The molecule has 138 heavy (non-hydrogen) atoms. The Balaban J connectivity index is 0.000000767. The molecule has 0 fully saturated rings. The molecule has 0 spiro atoms. The van der Waals surface area contributed by atoms with Gasteiger partial charge in [0.25, 0.3) is 0 Å². The van der Waals surface area contributed by atoms with Crippen LogP contribution in [0.15, 0.2) is 200 Å². The third kappa shape index (κ3) is 52.6. The number of methoxy groups -OCH3 is 7. The molecule has 10 aromatic carbocycles. The molecule has 0 saturated carbocycles. The normalized spacial score (nSPS) is 9.85. The molecule has 37 nitrogen and oxygen atoms in total. The predicted molar refractivity (Wildman–Crippen MR) is 504 cm³/mol. The average Bonchev–Trinajstić information content (AvgIpc) is 0.844. The molecule has 0 saturated heterocycles. The first-order chi connectivity index (χ1) is 65.7. The van der Waals surface area contributed by atoms with Gasteiger partial charge in [0.1, 0.15) is 40.2 Å². The fraction of sp³-hybridized carbons (Fsp3) is 0.307. The minimum absolute atomic E-state index is 0.00352. The molecule has 10 rings (SSSR count). The van der Waals surface area contributed by atoms with E-state index in [4.69, 9.17) is 120 Å². The Bertz CT molecular complexity index is 5390. The fourth-order valence-electron chi connectivity index (χ4n) is 11.8. The number of rotatable bonds is 41. The number of carboxylic acid groups (broad SMARTS) is 10. The number of aliphatic hydroxyl groups excluding tert-OH is 4. The third-order valence-electron chi connectivity index (χ3n) is 19.2. The Hall–Kier alpha value is -15.9. The molecular formula is C101H122O37. The number of aliphatic carboxylic acids is 10. The van der Waals surface area contributed by atoms with Gasteiger partial charge in [0.15, 0.2) is 34.5 Å². The molecule has 0 aromatic heterocycles. The summed E-state index contributed by atoms with van der Waals surface area (Å²) in [6.07, 6.45) is 5.04. The summed E-state index contributed by atoms with van der Waals surface area (Å²) in [5, 5.41) is 176. The highest BCUT2D eigenvalue weighted by molar-refractivity contribution is 5.71.